The van der Waals surface area contributed by atoms with E-state index in [1.807, 2.05) is 24.3 Å². The minimum atomic E-state index is -4.54. The topological polar surface area (TPSA) is 53.0 Å². The fraction of sp³-hybridized carbons (Fsp3) is 0.133. The summed E-state index contributed by atoms with van der Waals surface area (Å²) in [5.74, 6) is -1.57. The van der Waals surface area contributed by atoms with Crippen LogP contribution in [0, 0.1) is 5.82 Å². The first-order valence-electron chi connectivity index (χ1n) is 11.9. The van der Waals surface area contributed by atoms with Crippen molar-refractivity contribution in [1.29, 1.82) is 0 Å². The Morgan fingerprint density at radius 3 is 2.58 bits per heavy atom. The van der Waals surface area contributed by atoms with E-state index in [9.17, 15) is 27.5 Å². The van der Waals surface area contributed by atoms with Crippen LogP contribution in [-0.4, -0.2) is 16.7 Å². The molecule has 3 aromatic carbocycles. The number of carboxylic acids is 1. The number of fused-ring (bicyclic) bond motifs is 3. The van der Waals surface area contributed by atoms with Crippen LogP contribution in [0.4, 0.5) is 17.6 Å². The maximum absolute atomic E-state index is 13.8. The van der Waals surface area contributed by atoms with Crippen molar-refractivity contribution < 1.29 is 57.0 Å². The summed E-state index contributed by atoms with van der Waals surface area (Å²) in [5, 5.41) is 11.1. The molecular weight excluding hydrogens is 573 g/mol. The van der Waals surface area contributed by atoms with Gasteiger partial charge in [0.25, 0.3) is 0 Å². The maximum Gasteiger partial charge on any atom is 1.00 e. The number of aliphatic carboxylic acids is 1. The number of alkyl halides is 3. The van der Waals surface area contributed by atoms with Crippen LogP contribution in [0.1, 0.15) is 50.7 Å². The quantitative estimate of drug-likeness (QED) is 0.242. The van der Waals surface area contributed by atoms with Gasteiger partial charge in [0.15, 0.2) is 0 Å². The van der Waals surface area contributed by atoms with E-state index in [1.54, 1.807) is 30.4 Å². The number of carbonyl (C=O) groups is 1. The molecular formula is C30H19ClF4NNaO2S. The smallest absolute Gasteiger partial charge is 0.550 e. The van der Waals surface area contributed by atoms with Gasteiger partial charge < -0.3 is 9.90 Å². The van der Waals surface area contributed by atoms with E-state index in [0.717, 1.165) is 22.8 Å². The number of aromatic nitrogens is 1. The Bertz CT molecular complexity index is 1660. The predicted octanol–water partition coefficient (Wildman–Crippen LogP) is 4.67. The first-order chi connectivity index (χ1) is 18.6. The second kappa shape index (κ2) is 12.5. The number of halogens is 5. The maximum atomic E-state index is 13.8. The van der Waals surface area contributed by atoms with Crippen LogP contribution in [0.2, 0.25) is 5.02 Å². The van der Waals surface area contributed by atoms with Gasteiger partial charge >= 0.3 is 35.7 Å². The first-order valence-corrected chi connectivity index (χ1v) is 13.3. The Morgan fingerprint density at radius 1 is 1.02 bits per heavy atom. The van der Waals surface area contributed by atoms with Gasteiger partial charge in [0.05, 0.1) is 27.0 Å². The van der Waals surface area contributed by atoms with Gasteiger partial charge in [-0.25, -0.2) is 9.37 Å². The Morgan fingerprint density at radius 2 is 1.82 bits per heavy atom. The number of rotatable bonds is 6. The second-order valence-corrected chi connectivity index (χ2v) is 10.5. The normalized spacial score (nSPS) is 14.5. The molecule has 198 valence electrons. The van der Waals surface area contributed by atoms with Gasteiger partial charge in [-0.2, -0.15) is 13.2 Å². The Labute approximate surface area is 259 Å². The summed E-state index contributed by atoms with van der Waals surface area (Å²) in [6.45, 7) is 0. The SMILES string of the molecule is O=C([O-])CCSC1c2cc(/C=C/c3ccc4cc(F)c(Cl)cc4n3)ccc2C=Cc2c1cccc2C(F)(F)F.[Na+]. The molecule has 0 saturated heterocycles. The number of hydrogen-bond donors (Lipinski definition) is 0. The second-order valence-electron chi connectivity index (χ2n) is 8.93. The summed E-state index contributed by atoms with van der Waals surface area (Å²) < 4.78 is 55.2. The molecule has 0 bridgehead atoms. The fourth-order valence-electron chi connectivity index (χ4n) is 4.51. The van der Waals surface area contributed by atoms with Crippen LogP contribution in [-0.2, 0) is 11.0 Å². The molecule has 40 heavy (non-hydrogen) atoms. The zero-order valence-corrected chi connectivity index (χ0v) is 24.7. The zero-order valence-electron chi connectivity index (χ0n) is 21.1. The van der Waals surface area contributed by atoms with E-state index in [1.165, 1.54) is 36.0 Å². The molecule has 0 N–H and O–H groups in total. The van der Waals surface area contributed by atoms with Crippen molar-refractivity contribution >= 4 is 64.5 Å². The van der Waals surface area contributed by atoms with Crippen LogP contribution in [0.25, 0.3) is 35.2 Å². The number of pyridine rings is 1. The third-order valence-corrected chi connectivity index (χ3v) is 7.91. The monoisotopic (exact) mass is 591 g/mol. The third-order valence-electron chi connectivity index (χ3n) is 6.34. The number of hydrogen-bond acceptors (Lipinski definition) is 4. The Balaban J connectivity index is 0.00000370. The molecule has 1 unspecified atom stereocenters. The molecule has 1 aliphatic rings. The average Bonchev–Trinajstić information content (AvgIpc) is 3.04. The van der Waals surface area contributed by atoms with Gasteiger partial charge in [0.1, 0.15) is 5.82 Å². The molecule has 1 atom stereocenters. The van der Waals surface area contributed by atoms with Crippen molar-refractivity contribution in [1.82, 2.24) is 4.98 Å². The minimum absolute atomic E-state index is 0. The van der Waals surface area contributed by atoms with Gasteiger partial charge in [-0.05, 0) is 76.4 Å². The van der Waals surface area contributed by atoms with E-state index in [2.05, 4.69) is 4.98 Å². The van der Waals surface area contributed by atoms with E-state index in [-0.39, 0.29) is 52.3 Å². The van der Waals surface area contributed by atoms with Crippen LogP contribution >= 0.6 is 23.4 Å². The summed E-state index contributed by atoms with van der Waals surface area (Å²) in [7, 11) is 0. The molecule has 10 heteroatoms. The minimum Gasteiger partial charge on any atom is -0.550 e. The van der Waals surface area contributed by atoms with Crippen molar-refractivity contribution in [2.75, 3.05) is 5.75 Å². The molecule has 5 rings (SSSR count). The Kier molecular flexibility index (Phi) is 9.47. The van der Waals surface area contributed by atoms with E-state index >= 15 is 0 Å². The molecule has 0 spiro atoms. The van der Waals surface area contributed by atoms with Crippen LogP contribution in [0.3, 0.4) is 0 Å². The number of benzene rings is 3. The van der Waals surface area contributed by atoms with Crippen molar-refractivity contribution in [2.45, 2.75) is 17.8 Å². The first kappa shape index (κ1) is 30.3. The Hall–Kier alpha value is -2.62. The van der Waals surface area contributed by atoms with Crippen LogP contribution < -0.4 is 34.7 Å². The van der Waals surface area contributed by atoms with Gasteiger partial charge in [-0.15, -0.1) is 11.8 Å². The summed E-state index contributed by atoms with van der Waals surface area (Å²) in [6.07, 6.45) is 1.97. The van der Waals surface area contributed by atoms with Crippen molar-refractivity contribution in [2.24, 2.45) is 0 Å². The van der Waals surface area contributed by atoms with Crippen molar-refractivity contribution in [3.63, 3.8) is 0 Å². The molecule has 0 fully saturated rings. The summed E-state index contributed by atoms with van der Waals surface area (Å²) in [4.78, 5) is 15.6. The third kappa shape index (κ3) is 6.64. The molecule has 3 nitrogen and oxygen atoms in total. The van der Waals surface area contributed by atoms with Gasteiger partial charge in [0.2, 0.25) is 0 Å². The summed E-state index contributed by atoms with van der Waals surface area (Å²) in [6, 6.07) is 15.9. The standard InChI is InChI=1S/C30H20ClF4NO2S.Na/c31-25-16-27-19(15-26(25)32)7-10-20(36-27)9-5-17-4-6-18-8-11-21-22(2-1-3-24(21)30(33,34)35)29(23(18)14-17)39-13-12-28(37)38;/h1-11,14-16,29H,12-13H2,(H,37,38);/q;+1/p-1/b9-5+;. The van der Waals surface area contributed by atoms with Gasteiger partial charge in [0, 0.05) is 11.4 Å². The van der Waals surface area contributed by atoms with Gasteiger partial charge in [-0.1, -0.05) is 60.2 Å². The van der Waals surface area contributed by atoms with Crippen molar-refractivity contribution in [3.8, 4) is 0 Å². The zero-order chi connectivity index (χ0) is 27.7. The summed E-state index contributed by atoms with van der Waals surface area (Å²) in [5.41, 5.74) is 3.23. The number of nitrogens with zero attached hydrogens (tertiary/aromatic N) is 1. The van der Waals surface area contributed by atoms with E-state index in [4.69, 9.17) is 11.6 Å². The largest absolute Gasteiger partial charge is 1.00 e. The van der Waals surface area contributed by atoms with Crippen LogP contribution in [0.5, 0.6) is 0 Å². The molecule has 1 heterocycles. The number of thioether (sulfide) groups is 1. The van der Waals surface area contributed by atoms with E-state index in [0.29, 0.717) is 22.2 Å². The van der Waals surface area contributed by atoms with Crippen molar-refractivity contribution in [3.05, 3.63) is 111 Å². The van der Waals surface area contributed by atoms with Gasteiger partial charge in [-0.3, -0.25) is 0 Å². The molecule has 4 aromatic rings. The predicted molar refractivity (Wildman–Crippen MR) is 146 cm³/mol. The molecule has 0 aliphatic heterocycles. The molecule has 0 radical (unpaired) electrons. The summed E-state index contributed by atoms with van der Waals surface area (Å²) >= 11 is 7.16. The number of carboxylic acid groups (broad SMARTS) is 1. The average molecular weight is 592 g/mol. The molecule has 0 saturated carbocycles. The fourth-order valence-corrected chi connectivity index (χ4v) is 5.96. The van der Waals surface area contributed by atoms with E-state index < -0.39 is 28.8 Å². The molecule has 1 aliphatic carbocycles. The molecule has 0 amide bonds. The van der Waals surface area contributed by atoms with Crippen LogP contribution in [0.15, 0.2) is 60.7 Å². The molecule has 1 aromatic heterocycles. The number of carbonyl (C=O) groups excluding carboxylic acids is 1.